The van der Waals surface area contributed by atoms with Crippen molar-refractivity contribution in [2.24, 2.45) is 0 Å². The summed E-state index contributed by atoms with van der Waals surface area (Å²) in [6.45, 7) is 2.15. The van der Waals surface area contributed by atoms with E-state index in [9.17, 15) is 0 Å². The SMILES string of the molecule is Cc1ccc(NC2Cc3ccccc3C2)cc1I. The number of nitrogens with one attached hydrogen (secondary N) is 1. The minimum absolute atomic E-state index is 0.543. The second-order valence-electron chi connectivity index (χ2n) is 4.98. The Morgan fingerprint density at radius 1 is 1.06 bits per heavy atom. The number of hydrogen-bond acceptors (Lipinski definition) is 1. The van der Waals surface area contributed by atoms with Crippen LogP contribution in [0.1, 0.15) is 16.7 Å². The summed E-state index contributed by atoms with van der Waals surface area (Å²) in [6, 6.07) is 15.9. The fourth-order valence-electron chi connectivity index (χ4n) is 2.58. The average Bonchev–Trinajstić information content (AvgIpc) is 2.76. The third kappa shape index (κ3) is 2.39. The van der Waals surface area contributed by atoms with Gasteiger partial charge in [0, 0.05) is 15.3 Å². The van der Waals surface area contributed by atoms with Crippen molar-refractivity contribution in [1.82, 2.24) is 0 Å². The molecular weight excluding hydrogens is 333 g/mol. The van der Waals surface area contributed by atoms with Gasteiger partial charge >= 0.3 is 0 Å². The smallest absolute Gasteiger partial charge is 0.0353 e. The fourth-order valence-corrected chi connectivity index (χ4v) is 3.09. The van der Waals surface area contributed by atoms with Crippen LogP contribution >= 0.6 is 22.6 Å². The molecule has 0 fully saturated rings. The van der Waals surface area contributed by atoms with Crippen molar-refractivity contribution >= 4 is 28.3 Å². The van der Waals surface area contributed by atoms with Crippen LogP contribution in [0.25, 0.3) is 0 Å². The molecule has 2 heteroatoms. The summed E-state index contributed by atoms with van der Waals surface area (Å²) in [6.07, 6.45) is 2.28. The first kappa shape index (κ1) is 12.0. The molecule has 0 atom stereocenters. The molecule has 0 saturated carbocycles. The standard InChI is InChI=1S/C16H16IN/c1-11-6-7-14(10-16(11)17)18-15-8-12-4-2-3-5-13(12)9-15/h2-7,10,15,18H,8-9H2,1H3. The number of hydrogen-bond donors (Lipinski definition) is 1. The maximum Gasteiger partial charge on any atom is 0.0353 e. The first-order valence-electron chi connectivity index (χ1n) is 6.32. The second kappa shape index (κ2) is 4.92. The van der Waals surface area contributed by atoms with Gasteiger partial charge in [-0.3, -0.25) is 0 Å². The monoisotopic (exact) mass is 349 g/mol. The lowest BCUT2D eigenvalue weighted by atomic mass is 10.1. The molecule has 18 heavy (non-hydrogen) atoms. The van der Waals surface area contributed by atoms with E-state index in [-0.39, 0.29) is 0 Å². The molecule has 0 amide bonds. The molecule has 2 aromatic rings. The van der Waals surface area contributed by atoms with Gasteiger partial charge < -0.3 is 5.32 Å². The summed E-state index contributed by atoms with van der Waals surface area (Å²) in [4.78, 5) is 0. The van der Waals surface area contributed by atoms with E-state index < -0.39 is 0 Å². The Hall–Kier alpha value is -1.03. The van der Waals surface area contributed by atoms with Gasteiger partial charge in [-0.15, -0.1) is 0 Å². The van der Waals surface area contributed by atoms with Gasteiger partial charge in [0.2, 0.25) is 0 Å². The minimum atomic E-state index is 0.543. The van der Waals surface area contributed by atoms with E-state index in [2.05, 4.69) is 77.3 Å². The average molecular weight is 349 g/mol. The molecule has 1 aliphatic rings. The Morgan fingerprint density at radius 3 is 2.33 bits per heavy atom. The number of rotatable bonds is 2. The maximum atomic E-state index is 3.65. The molecule has 0 aromatic heterocycles. The maximum absolute atomic E-state index is 3.65. The van der Waals surface area contributed by atoms with Crippen molar-refractivity contribution in [1.29, 1.82) is 0 Å². The molecule has 2 aromatic carbocycles. The summed E-state index contributed by atoms with van der Waals surface area (Å²) in [7, 11) is 0. The van der Waals surface area contributed by atoms with Crippen LogP contribution in [0.2, 0.25) is 0 Å². The van der Waals surface area contributed by atoms with Gasteiger partial charge in [-0.25, -0.2) is 0 Å². The number of benzene rings is 2. The molecular formula is C16H16IN. The van der Waals surface area contributed by atoms with Gasteiger partial charge in [-0.2, -0.15) is 0 Å². The Kier molecular flexibility index (Phi) is 3.29. The highest BCUT2D eigenvalue weighted by atomic mass is 127. The number of anilines is 1. The molecule has 92 valence electrons. The molecule has 0 heterocycles. The van der Waals surface area contributed by atoms with Gasteiger partial charge in [0.25, 0.3) is 0 Å². The van der Waals surface area contributed by atoms with Crippen LogP contribution in [0.5, 0.6) is 0 Å². The van der Waals surface area contributed by atoms with E-state index >= 15 is 0 Å². The van der Waals surface area contributed by atoms with E-state index in [1.165, 1.54) is 25.9 Å². The van der Waals surface area contributed by atoms with Gasteiger partial charge in [-0.1, -0.05) is 30.3 Å². The zero-order valence-corrected chi connectivity index (χ0v) is 12.6. The molecule has 0 unspecified atom stereocenters. The van der Waals surface area contributed by atoms with E-state index in [4.69, 9.17) is 0 Å². The molecule has 0 aliphatic heterocycles. The molecule has 1 aliphatic carbocycles. The van der Waals surface area contributed by atoms with Gasteiger partial charge in [0.05, 0.1) is 0 Å². The van der Waals surface area contributed by atoms with Gasteiger partial charge in [-0.05, 0) is 71.2 Å². The zero-order valence-electron chi connectivity index (χ0n) is 10.4. The molecule has 0 spiro atoms. The van der Waals surface area contributed by atoms with E-state index in [0.29, 0.717) is 6.04 Å². The highest BCUT2D eigenvalue weighted by Gasteiger charge is 2.20. The minimum Gasteiger partial charge on any atom is -0.382 e. The quantitative estimate of drug-likeness (QED) is 0.802. The van der Waals surface area contributed by atoms with Crippen molar-refractivity contribution in [2.45, 2.75) is 25.8 Å². The summed E-state index contributed by atoms with van der Waals surface area (Å²) in [5.41, 5.74) is 5.58. The Balaban J connectivity index is 1.74. The number of halogens is 1. The van der Waals surface area contributed by atoms with Crippen LogP contribution in [-0.4, -0.2) is 6.04 Å². The highest BCUT2D eigenvalue weighted by Crippen LogP contribution is 2.25. The third-order valence-electron chi connectivity index (χ3n) is 3.59. The largest absolute Gasteiger partial charge is 0.382 e. The van der Waals surface area contributed by atoms with E-state index in [1.54, 1.807) is 0 Å². The Morgan fingerprint density at radius 2 is 1.72 bits per heavy atom. The predicted molar refractivity (Wildman–Crippen MR) is 85.2 cm³/mol. The Bertz CT molecular complexity index is 552. The van der Waals surface area contributed by atoms with Crippen LogP contribution in [0, 0.1) is 10.5 Å². The summed E-state index contributed by atoms with van der Waals surface area (Å²) >= 11 is 2.40. The van der Waals surface area contributed by atoms with Crippen LogP contribution in [-0.2, 0) is 12.8 Å². The first-order chi connectivity index (χ1) is 8.72. The molecule has 1 N–H and O–H groups in total. The lowest BCUT2D eigenvalue weighted by Crippen LogP contribution is -2.19. The lowest BCUT2D eigenvalue weighted by Gasteiger charge is -2.14. The number of aryl methyl sites for hydroxylation is 1. The second-order valence-corrected chi connectivity index (χ2v) is 6.14. The summed E-state index contributed by atoms with van der Waals surface area (Å²) < 4.78 is 1.33. The van der Waals surface area contributed by atoms with Crippen molar-refractivity contribution in [2.75, 3.05) is 5.32 Å². The Labute approximate surface area is 122 Å². The molecule has 0 bridgehead atoms. The predicted octanol–water partition coefficient (Wildman–Crippen LogP) is 4.18. The lowest BCUT2D eigenvalue weighted by molar-refractivity contribution is 0.774. The van der Waals surface area contributed by atoms with E-state index in [1.807, 2.05) is 0 Å². The molecule has 1 nitrogen and oxygen atoms in total. The summed E-state index contributed by atoms with van der Waals surface area (Å²) in [5.74, 6) is 0. The first-order valence-corrected chi connectivity index (χ1v) is 7.40. The molecule has 0 radical (unpaired) electrons. The van der Waals surface area contributed by atoms with Gasteiger partial charge in [0.1, 0.15) is 0 Å². The van der Waals surface area contributed by atoms with Crippen molar-refractivity contribution in [3.8, 4) is 0 Å². The van der Waals surface area contributed by atoms with Crippen LogP contribution in [0.15, 0.2) is 42.5 Å². The normalized spacial score (nSPS) is 14.6. The van der Waals surface area contributed by atoms with Crippen molar-refractivity contribution in [3.05, 3.63) is 62.7 Å². The number of fused-ring (bicyclic) bond motifs is 1. The fraction of sp³-hybridized carbons (Fsp3) is 0.250. The van der Waals surface area contributed by atoms with Crippen LogP contribution < -0.4 is 5.32 Å². The van der Waals surface area contributed by atoms with Crippen LogP contribution in [0.3, 0.4) is 0 Å². The molecule has 3 rings (SSSR count). The van der Waals surface area contributed by atoms with E-state index in [0.717, 1.165) is 12.8 Å². The summed E-state index contributed by atoms with van der Waals surface area (Å²) in [5, 5.41) is 3.65. The van der Waals surface area contributed by atoms with Crippen molar-refractivity contribution < 1.29 is 0 Å². The van der Waals surface area contributed by atoms with Crippen LogP contribution in [0.4, 0.5) is 5.69 Å². The highest BCUT2D eigenvalue weighted by molar-refractivity contribution is 14.1. The van der Waals surface area contributed by atoms with Crippen molar-refractivity contribution in [3.63, 3.8) is 0 Å². The topological polar surface area (TPSA) is 12.0 Å². The third-order valence-corrected chi connectivity index (χ3v) is 4.76. The zero-order chi connectivity index (χ0) is 12.5. The van der Waals surface area contributed by atoms with Gasteiger partial charge in [0.15, 0.2) is 0 Å². The molecule has 0 saturated heterocycles.